The molecule has 0 spiro atoms. The molecule has 140 valence electrons. The van der Waals surface area contributed by atoms with Crippen molar-refractivity contribution in [1.29, 1.82) is 0 Å². The SMILES string of the molecule is COc1cc(OC)c(-c2cc(Cl)ccc2Nc2ccc(Cl)cc2)c(OC)c1. The van der Waals surface area contributed by atoms with Crippen LogP contribution in [0.15, 0.2) is 54.6 Å². The third-order valence-corrected chi connectivity index (χ3v) is 4.58. The van der Waals surface area contributed by atoms with Crippen molar-refractivity contribution in [2.45, 2.75) is 0 Å². The van der Waals surface area contributed by atoms with E-state index in [0.29, 0.717) is 27.3 Å². The second-order valence-corrected chi connectivity index (χ2v) is 6.60. The topological polar surface area (TPSA) is 39.7 Å². The summed E-state index contributed by atoms with van der Waals surface area (Å²) in [6.45, 7) is 0. The first kappa shape index (κ1) is 19.2. The summed E-state index contributed by atoms with van der Waals surface area (Å²) in [6.07, 6.45) is 0. The molecule has 0 bridgehead atoms. The van der Waals surface area contributed by atoms with Crippen LogP contribution in [0.25, 0.3) is 11.1 Å². The minimum atomic E-state index is 0.603. The van der Waals surface area contributed by atoms with Crippen molar-refractivity contribution < 1.29 is 14.2 Å². The van der Waals surface area contributed by atoms with Crippen molar-refractivity contribution in [3.8, 4) is 28.4 Å². The summed E-state index contributed by atoms with van der Waals surface area (Å²) in [5, 5.41) is 4.68. The molecule has 0 radical (unpaired) electrons. The van der Waals surface area contributed by atoms with Crippen molar-refractivity contribution in [1.82, 2.24) is 0 Å². The molecule has 4 nitrogen and oxygen atoms in total. The molecule has 1 N–H and O–H groups in total. The van der Waals surface area contributed by atoms with Gasteiger partial charge in [0.05, 0.1) is 26.9 Å². The van der Waals surface area contributed by atoms with Gasteiger partial charge in [-0.3, -0.25) is 0 Å². The highest BCUT2D eigenvalue weighted by Crippen LogP contribution is 2.45. The molecule has 0 aliphatic carbocycles. The Hall–Kier alpha value is -2.56. The van der Waals surface area contributed by atoms with Gasteiger partial charge in [-0.25, -0.2) is 0 Å². The van der Waals surface area contributed by atoms with Crippen LogP contribution >= 0.6 is 23.2 Å². The highest BCUT2D eigenvalue weighted by Gasteiger charge is 2.19. The van der Waals surface area contributed by atoms with Crippen LogP contribution < -0.4 is 19.5 Å². The van der Waals surface area contributed by atoms with Gasteiger partial charge in [-0.15, -0.1) is 0 Å². The summed E-state index contributed by atoms with van der Waals surface area (Å²) in [5.74, 6) is 1.88. The molecule has 0 aliphatic heterocycles. The number of rotatable bonds is 6. The number of anilines is 2. The molecular weight excluding hydrogens is 385 g/mol. The third kappa shape index (κ3) is 4.24. The summed E-state index contributed by atoms with van der Waals surface area (Å²) in [5.41, 5.74) is 3.37. The predicted octanol–water partition coefficient (Wildman–Crippen LogP) is 6.43. The summed E-state index contributed by atoms with van der Waals surface area (Å²) in [6, 6.07) is 16.7. The molecule has 0 amide bonds. The van der Waals surface area contributed by atoms with E-state index in [1.165, 1.54) is 0 Å². The lowest BCUT2D eigenvalue weighted by molar-refractivity contribution is 0.377. The Bertz CT molecular complexity index is 918. The van der Waals surface area contributed by atoms with E-state index in [1.54, 1.807) is 21.3 Å². The van der Waals surface area contributed by atoms with E-state index in [4.69, 9.17) is 37.4 Å². The Morgan fingerprint density at radius 1 is 0.704 bits per heavy atom. The van der Waals surface area contributed by atoms with Crippen LogP contribution in [0.4, 0.5) is 11.4 Å². The Kier molecular flexibility index (Phi) is 5.99. The van der Waals surface area contributed by atoms with Crippen LogP contribution in [0.3, 0.4) is 0 Å². The number of hydrogen-bond donors (Lipinski definition) is 1. The largest absolute Gasteiger partial charge is 0.496 e. The van der Waals surface area contributed by atoms with E-state index in [9.17, 15) is 0 Å². The lowest BCUT2D eigenvalue weighted by Gasteiger charge is -2.19. The third-order valence-electron chi connectivity index (χ3n) is 4.09. The maximum Gasteiger partial charge on any atom is 0.134 e. The fourth-order valence-corrected chi connectivity index (χ4v) is 3.09. The standard InChI is InChI=1S/C21H19Cl2NO3/c1-25-16-11-19(26-2)21(20(12-16)27-3)17-10-14(23)6-9-18(17)24-15-7-4-13(22)5-8-15/h4-12,24H,1-3H3. The molecule has 0 fully saturated rings. The van der Waals surface area contributed by atoms with E-state index in [2.05, 4.69) is 5.32 Å². The smallest absolute Gasteiger partial charge is 0.134 e. The van der Waals surface area contributed by atoms with Crippen LogP contribution in [-0.2, 0) is 0 Å². The average molecular weight is 404 g/mol. The number of benzene rings is 3. The molecule has 0 heterocycles. The zero-order chi connectivity index (χ0) is 19.4. The van der Waals surface area contributed by atoms with Gasteiger partial charge in [-0.1, -0.05) is 23.2 Å². The summed E-state index contributed by atoms with van der Waals surface area (Å²) in [7, 11) is 4.81. The van der Waals surface area contributed by atoms with Crippen molar-refractivity contribution >= 4 is 34.6 Å². The first-order valence-corrected chi connectivity index (χ1v) is 8.94. The molecule has 0 aliphatic rings. The van der Waals surface area contributed by atoms with Crippen LogP contribution in [0, 0.1) is 0 Å². The van der Waals surface area contributed by atoms with Gasteiger partial charge < -0.3 is 19.5 Å². The van der Waals surface area contributed by atoms with E-state index >= 15 is 0 Å². The second-order valence-electron chi connectivity index (χ2n) is 5.73. The van der Waals surface area contributed by atoms with Gasteiger partial charge in [0.2, 0.25) is 0 Å². The number of hydrogen-bond acceptors (Lipinski definition) is 4. The maximum atomic E-state index is 6.29. The van der Waals surface area contributed by atoms with Crippen LogP contribution in [0.2, 0.25) is 10.0 Å². The molecule has 0 atom stereocenters. The normalized spacial score (nSPS) is 10.4. The van der Waals surface area contributed by atoms with Crippen LogP contribution in [-0.4, -0.2) is 21.3 Å². The molecule has 3 rings (SSSR count). The molecule has 3 aromatic carbocycles. The quantitative estimate of drug-likeness (QED) is 0.514. The van der Waals surface area contributed by atoms with Crippen molar-refractivity contribution in [3.05, 3.63) is 64.6 Å². The summed E-state index contributed by atoms with van der Waals surface area (Å²) >= 11 is 12.3. The van der Waals surface area contributed by atoms with Gasteiger partial charge in [0, 0.05) is 39.1 Å². The van der Waals surface area contributed by atoms with Gasteiger partial charge in [-0.2, -0.15) is 0 Å². The molecule has 0 saturated carbocycles. The van der Waals surface area contributed by atoms with Crippen LogP contribution in [0.5, 0.6) is 17.2 Å². The molecular formula is C21H19Cl2NO3. The van der Waals surface area contributed by atoms with Crippen molar-refractivity contribution in [2.24, 2.45) is 0 Å². The van der Waals surface area contributed by atoms with Gasteiger partial charge in [0.25, 0.3) is 0 Å². The minimum Gasteiger partial charge on any atom is -0.496 e. The monoisotopic (exact) mass is 403 g/mol. The average Bonchev–Trinajstić information content (AvgIpc) is 2.69. The first-order valence-electron chi connectivity index (χ1n) is 8.18. The molecule has 0 aromatic heterocycles. The Morgan fingerprint density at radius 3 is 1.85 bits per heavy atom. The molecule has 0 unspecified atom stereocenters. The zero-order valence-corrected chi connectivity index (χ0v) is 16.7. The van der Waals surface area contributed by atoms with Crippen LogP contribution in [0.1, 0.15) is 0 Å². The van der Waals surface area contributed by atoms with E-state index in [1.807, 2.05) is 54.6 Å². The lowest BCUT2D eigenvalue weighted by atomic mass is 10.0. The summed E-state index contributed by atoms with van der Waals surface area (Å²) in [4.78, 5) is 0. The molecule has 27 heavy (non-hydrogen) atoms. The Balaban J connectivity index is 2.16. The number of ether oxygens (including phenoxy) is 3. The number of halogens is 2. The fraction of sp³-hybridized carbons (Fsp3) is 0.143. The van der Waals surface area contributed by atoms with Gasteiger partial charge in [0.1, 0.15) is 17.2 Å². The zero-order valence-electron chi connectivity index (χ0n) is 15.2. The maximum absolute atomic E-state index is 6.29. The highest BCUT2D eigenvalue weighted by molar-refractivity contribution is 6.31. The second kappa shape index (κ2) is 8.42. The van der Waals surface area contributed by atoms with Gasteiger partial charge >= 0.3 is 0 Å². The minimum absolute atomic E-state index is 0.603. The fourth-order valence-electron chi connectivity index (χ4n) is 2.79. The first-order chi connectivity index (χ1) is 13.0. The Labute approximate surface area is 168 Å². The Morgan fingerprint density at radius 2 is 1.30 bits per heavy atom. The van der Waals surface area contributed by atoms with Gasteiger partial charge in [-0.05, 0) is 42.5 Å². The molecule has 6 heteroatoms. The van der Waals surface area contributed by atoms with E-state index in [0.717, 1.165) is 22.5 Å². The predicted molar refractivity (Wildman–Crippen MR) is 111 cm³/mol. The van der Waals surface area contributed by atoms with E-state index < -0.39 is 0 Å². The van der Waals surface area contributed by atoms with E-state index in [-0.39, 0.29) is 0 Å². The lowest BCUT2D eigenvalue weighted by Crippen LogP contribution is -1.98. The number of nitrogens with one attached hydrogen (secondary N) is 1. The summed E-state index contributed by atoms with van der Waals surface area (Å²) < 4.78 is 16.5. The molecule has 3 aromatic rings. The highest BCUT2D eigenvalue weighted by atomic mass is 35.5. The number of methoxy groups -OCH3 is 3. The van der Waals surface area contributed by atoms with Gasteiger partial charge in [0.15, 0.2) is 0 Å². The molecule has 0 saturated heterocycles. The van der Waals surface area contributed by atoms with Crippen molar-refractivity contribution in [3.63, 3.8) is 0 Å². The van der Waals surface area contributed by atoms with Crippen molar-refractivity contribution in [2.75, 3.05) is 26.6 Å².